The third-order valence-corrected chi connectivity index (χ3v) is 3.61. The predicted molar refractivity (Wildman–Crippen MR) is 74.9 cm³/mol. The maximum atomic E-state index is 12.3. The fourth-order valence-corrected chi connectivity index (χ4v) is 2.44. The van der Waals surface area contributed by atoms with Crippen molar-refractivity contribution in [1.82, 2.24) is 10.4 Å². The van der Waals surface area contributed by atoms with Gasteiger partial charge in [-0.1, -0.05) is 25.1 Å². The van der Waals surface area contributed by atoms with E-state index in [1.807, 2.05) is 36.2 Å². The van der Waals surface area contributed by atoms with Crippen LogP contribution in [0, 0.1) is 6.92 Å². The largest absolute Gasteiger partial charge is 0.381 e. The Morgan fingerprint density at radius 2 is 2.05 bits per heavy atom. The van der Waals surface area contributed by atoms with E-state index in [4.69, 9.17) is 4.74 Å². The van der Waals surface area contributed by atoms with Crippen LogP contribution in [0.5, 0.6) is 0 Å². The molecule has 0 aliphatic carbocycles. The second-order valence-electron chi connectivity index (χ2n) is 4.89. The maximum absolute atomic E-state index is 12.3. The number of aryl methyl sites for hydroxylation is 1. The van der Waals surface area contributed by atoms with Gasteiger partial charge in [-0.3, -0.25) is 10.2 Å². The highest BCUT2D eigenvalue weighted by atomic mass is 16.5. The van der Waals surface area contributed by atoms with E-state index in [-0.39, 0.29) is 5.91 Å². The topological polar surface area (TPSA) is 41.6 Å². The van der Waals surface area contributed by atoms with Crippen molar-refractivity contribution in [1.29, 1.82) is 0 Å². The molecule has 0 atom stereocenters. The molecule has 4 heteroatoms. The predicted octanol–water partition coefficient (Wildman–Crippen LogP) is 2.14. The Morgan fingerprint density at radius 1 is 1.37 bits per heavy atom. The summed E-state index contributed by atoms with van der Waals surface area (Å²) in [5, 5.41) is 2.04. The van der Waals surface area contributed by atoms with E-state index in [1.54, 1.807) is 0 Å². The first-order valence-corrected chi connectivity index (χ1v) is 6.93. The lowest BCUT2D eigenvalue weighted by molar-refractivity contribution is 0.0147. The quantitative estimate of drug-likeness (QED) is 0.845. The Morgan fingerprint density at radius 3 is 2.68 bits per heavy atom. The van der Waals surface area contributed by atoms with Gasteiger partial charge in [-0.15, -0.1) is 0 Å². The summed E-state index contributed by atoms with van der Waals surface area (Å²) < 4.78 is 5.36. The van der Waals surface area contributed by atoms with E-state index < -0.39 is 0 Å². The molecule has 2 rings (SSSR count). The molecule has 1 heterocycles. The van der Waals surface area contributed by atoms with E-state index in [0.717, 1.165) is 43.7 Å². The van der Waals surface area contributed by atoms with E-state index in [9.17, 15) is 4.79 Å². The second-order valence-corrected chi connectivity index (χ2v) is 4.89. The molecule has 1 N–H and O–H groups in total. The van der Waals surface area contributed by atoms with Crippen molar-refractivity contribution in [2.45, 2.75) is 32.7 Å². The molecule has 1 aliphatic heterocycles. The number of amides is 1. The van der Waals surface area contributed by atoms with Gasteiger partial charge in [-0.05, 0) is 31.4 Å². The summed E-state index contributed by atoms with van der Waals surface area (Å²) in [6.07, 6.45) is 1.95. The molecule has 0 spiro atoms. The molecule has 0 radical (unpaired) electrons. The number of nitrogens with zero attached hydrogens (tertiary/aromatic N) is 1. The molecule has 1 aromatic rings. The summed E-state index contributed by atoms with van der Waals surface area (Å²) in [6.45, 7) is 6.39. The minimum atomic E-state index is -0.0218. The van der Waals surface area contributed by atoms with Crippen LogP contribution in [-0.2, 0) is 4.74 Å². The van der Waals surface area contributed by atoms with Crippen LogP contribution in [0.1, 0.15) is 35.7 Å². The van der Waals surface area contributed by atoms with Crippen molar-refractivity contribution >= 4 is 5.91 Å². The van der Waals surface area contributed by atoms with Gasteiger partial charge >= 0.3 is 0 Å². The van der Waals surface area contributed by atoms with Crippen molar-refractivity contribution in [3.8, 4) is 0 Å². The van der Waals surface area contributed by atoms with E-state index in [0.29, 0.717) is 6.04 Å². The molecule has 0 aromatic heterocycles. The van der Waals surface area contributed by atoms with Crippen LogP contribution in [0.2, 0.25) is 0 Å². The van der Waals surface area contributed by atoms with Crippen molar-refractivity contribution in [2.75, 3.05) is 19.8 Å². The highest BCUT2D eigenvalue weighted by Gasteiger charge is 2.22. The summed E-state index contributed by atoms with van der Waals surface area (Å²) in [5.41, 5.74) is 4.78. The molecule has 1 aromatic carbocycles. The standard InChI is InChI=1S/C15H22N2O2/c1-3-17(13-8-10-19-11-9-13)16-15(18)14-7-5-4-6-12(14)2/h4-7,13H,3,8-11H2,1-2H3,(H,16,18). The average molecular weight is 262 g/mol. The maximum Gasteiger partial charge on any atom is 0.265 e. The lowest BCUT2D eigenvalue weighted by atomic mass is 10.1. The van der Waals surface area contributed by atoms with Crippen LogP contribution in [-0.4, -0.2) is 36.7 Å². The van der Waals surface area contributed by atoms with Crippen molar-refractivity contribution in [3.05, 3.63) is 35.4 Å². The van der Waals surface area contributed by atoms with Crippen LogP contribution in [0.25, 0.3) is 0 Å². The Labute approximate surface area is 114 Å². The molecule has 1 aliphatic rings. The first-order chi connectivity index (χ1) is 9.22. The number of ether oxygens (including phenoxy) is 1. The van der Waals surface area contributed by atoms with Crippen LogP contribution < -0.4 is 5.43 Å². The normalized spacial score (nSPS) is 16.6. The van der Waals surface area contributed by atoms with Gasteiger partial charge in [-0.2, -0.15) is 0 Å². The number of rotatable bonds is 4. The van der Waals surface area contributed by atoms with Gasteiger partial charge in [0, 0.05) is 31.4 Å². The number of nitrogens with one attached hydrogen (secondary N) is 1. The van der Waals surface area contributed by atoms with Crippen molar-refractivity contribution < 1.29 is 9.53 Å². The zero-order valence-corrected chi connectivity index (χ0v) is 11.7. The lowest BCUT2D eigenvalue weighted by Crippen LogP contribution is -2.50. The highest BCUT2D eigenvalue weighted by Crippen LogP contribution is 2.13. The molecule has 0 bridgehead atoms. The van der Waals surface area contributed by atoms with Crippen molar-refractivity contribution in [3.63, 3.8) is 0 Å². The van der Waals surface area contributed by atoms with Gasteiger partial charge in [0.1, 0.15) is 0 Å². The number of hydrogen-bond donors (Lipinski definition) is 1. The average Bonchev–Trinajstić information content (AvgIpc) is 2.46. The van der Waals surface area contributed by atoms with Gasteiger partial charge in [-0.25, -0.2) is 5.01 Å². The molecule has 19 heavy (non-hydrogen) atoms. The molecule has 0 unspecified atom stereocenters. The second kappa shape index (κ2) is 6.68. The minimum absolute atomic E-state index is 0.0218. The summed E-state index contributed by atoms with van der Waals surface area (Å²) in [6, 6.07) is 8.04. The Balaban J connectivity index is 2.01. The van der Waals surface area contributed by atoms with Crippen LogP contribution in [0.4, 0.5) is 0 Å². The van der Waals surface area contributed by atoms with Crippen LogP contribution in [0.3, 0.4) is 0 Å². The molecule has 1 fully saturated rings. The summed E-state index contributed by atoms with van der Waals surface area (Å²) in [5.74, 6) is -0.0218. The van der Waals surface area contributed by atoms with Gasteiger partial charge in [0.05, 0.1) is 0 Å². The number of benzene rings is 1. The minimum Gasteiger partial charge on any atom is -0.381 e. The highest BCUT2D eigenvalue weighted by molar-refractivity contribution is 5.95. The molecule has 4 nitrogen and oxygen atoms in total. The first kappa shape index (κ1) is 14.0. The van der Waals surface area contributed by atoms with Gasteiger partial charge in [0.25, 0.3) is 5.91 Å². The number of carbonyl (C=O) groups is 1. The zero-order chi connectivity index (χ0) is 13.7. The molecule has 1 amide bonds. The monoisotopic (exact) mass is 262 g/mol. The summed E-state index contributed by atoms with van der Waals surface area (Å²) in [4.78, 5) is 12.3. The van der Waals surface area contributed by atoms with E-state index >= 15 is 0 Å². The van der Waals surface area contributed by atoms with Crippen LogP contribution >= 0.6 is 0 Å². The SMILES string of the molecule is CCN(NC(=O)c1ccccc1C)C1CCOCC1. The van der Waals surface area contributed by atoms with E-state index in [2.05, 4.69) is 12.3 Å². The van der Waals surface area contributed by atoms with Gasteiger partial charge < -0.3 is 4.74 Å². The molecule has 1 saturated heterocycles. The Kier molecular flexibility index (Phi) is 4.93. The molecule has 0 saturated carbocycles. The smallest absolute Gasteiger partial charge is 0.265 e. The molecular formula is C15H22N2O2. The third-order valence-electron chi connectivity index (χ3n) is 3.61. The zero-order valence-electron chi connectivity index (χ0n) is 11.7. The third kappa shape index (κ3) is 3.55. The summed E-state index contributed by atoms with van der Waals surface area (Å²) >= 11 is 0. The van der Waals surface area contributed by atoms with Crippen molar-refractivity contribution in [2.24, 2.45) is 0 Å². The lowest BCUT2D eigenvalue weighted by Gasteiger charge is -2.33. The fourth-order valence-electron chi connectivity index (χ4n) is 2.44. The van der Waals surface area contributed by atoms with E-state index in [1.165, 1.54) is 0 Å². The molecular weight excluding hydrogens is 240 g/mol. The molecule has 104 valence electrons. The summed E-state index contributed by atoms with van der Waals surface area (Å²) in [7, 11) is 0. The van der Waals surface area contributed by atoms with Gasteiger partial charge in [0.15, 0.2) is 0 Å². The fraction of sp³-hybridized carbons (Fsp3) is 0.533. The Hall–Kier alpha value is -1.39. The number of hydrazine groups is 1. The Bertz CT molecular complexity index is 428. The van der Waals surface area contributed by atoms with Gasteiger partial charge in [0.2, 0.25) is 0 Å². The first-order valence-electron chi connectivity index (χ1n) is 6.93. The number of carbonyl (C=O) groups excluding carboxylic acids is 1. The number of hydrogen-bond acceptors (Lipinski definition) is 3. The van der Waals surface area contributed by atoms with Crippen LogP contribution in [0.15, 0.2) is 24.3 Å².